The van der Waals surface area contributed by atoms with Gasteiger partial charge in [-0.05, 0) is 30.5 Å². The monoisotopic (exact) mass is 321 g/mol. The zero-order valence-electron chi connectivity index (χ0n) is 11.9. The molecular formula is C16H18ClN2OS+. The number of benzene rings is 1. The molecule has 0 bridgehead atoms. The van der Waals surface area contributed by atoms with Crippen molar-refractivity contribution in [3.05, 3.63) is 51.2 Å². The van der Waals surface area contributed by atoms with Gasteiger partial charge in [0.05, 0.1) is 17.3 Å². The van der Waals surface area contributed by atoms with E-state index < -0.39 is 0 Å². The van der Waals surface area contributed by atoms with Gasteiger partial charge in [0.25, 0.3) is 5.91 Å². The average molecular weight is 322 g/mol. The normalized spacial score (nSPS) is 20.9. The summed E-state index contributed by atoms with van der Waals surface area (Å²) in [6.07, 6.45) is 1.06. The number of rotatable bonds is 3. The van der Waals surface area contributed by atoms with Crippen LogP contribution in [0.5, 0.6) is 0 Å². The van der Waals surface area contributed by atoms with E-state index in [0.29, 0.717) is 23.3 Å². The van der Waals surface area contributed by atoms with Crippen LogP contribution in [-0.4, -0.2) is 19.0 Å². The number of hydrogen-bond donors (Lipinski definition) is 2. The Morgan fingerprint density at radius 3 is 3.05 bits per heavy atom. The molecule has 1 aliphatic rings. The molecule has 0 fully saturated rings. The van der Waals surface area contributed by atoms with Gasteiger partial charge >= 0.3 is 0 Å². The lowest BCUT2D eigenvalue weighted by Gasteiger charge is -2.29. The molecule has 0 saturated heterocycles. The summed E-state index contributed by atoms with van der Waals surface area (Å²) in [5.74, 6) is 0.0172. The molecule has 0 spiro atoms. The van der Waals surface area contributed by atoms with E-state index in [1.54, 1.807) is 6.07 Å². The van der Waals surface area contributed by atoms with E-state index in [4.69, 9.17) is 11.6 Å². The summed E-state index contributed by atoms with van der Waals surface area (Å²) in [6.45, 7) is 3.68. The number of amides is 1. The third-order valence-electron chi connectivity index (χ3n) is 4.07. The number of halogens is 1. The van der Waals surface area contributed by atoms with Gasteiger partial charge in [-0.15, -0.1) is 11.3 Å². The Labute approximate surface area is 133 Å². The second kappa shape index (κ2) is 6.18. The van der Waals surface area contributed by atoms with Gasteiger partial charge in [0, 0.05) is 16.9 Å². The molecular weight excluding hydrogens is 304 g/mol. The quantitative estimate of drug-likeness (QED) is 0.895. The van der Waals surface area contributed by atoms with Crippen LogP contribution in [0.4, 0.5) is 5.69 Å². The zero-order valence-corrected chi connectivity index (χ0v) is 13.4. The minimum atomic E-state index is 0.0172. The molecule has 0 radical (unpaired) electrons. The highest BCUT2D eigenvalue weighted by Crippen LogP contribution is 2.24. The minimum Gasteiger partial charge on any atom is -0.321 e. The van der Waals surface area contributed by atoms with Crippen LogP contribution in [0, 0.1) is 0 Å². The lowest BCUT2D eigenvalue weighted by atomic mass is 10.0. The van der Waals surface area contributed by atoms with E-state index in [-0.39, 0.29) is 5.91 Å². The number of para-hydroxylation sites is 1. The third kappa shape index (κ3) is 3.12. The molecule has 110 valence electrons. The van der Waals surface area contributed by atoms with Gasteiger partial charge in [0.2, 0.25) is 0 Å². The van der Waals surface area contributed by atoms with Crippen molar-refractivity contribution in [2.45, 2.75) is 19.4 Å². The number of anilines is 1. The van der Waals surface area contributed by atoms with Gasteiger partial charge in [0.1, 0.15) is 6.04 Å². The van der Waals surface area contributed by atoms with Gasteiger partial charge < -0.3 is 10.2 Å². The second-order valence-corrected chi connectivity index (χ2v) is 6.79. The minimum absolute atomic E-state index is 0.0172. The third-order valence-corrected chi connectivity index (χ3v) is 5.39. The summed E-state index contributed by atoms with van der Waals surface area (Å²) >= 11 is 7.90. The lowest BCUT2D eigenvalue weighted by Crippen LogP contribution is -3.14. The van der Waals surface area contributed by atoms with Crippen molar-refractivity contribution in [2.75, 3.05) is 18.4 Å². The maximum absolute atomic E-state index is 12.2. The van der Waals surface area contributed by atoms with Crippen molar-refractivity contribution in [1.82, 2.24) is 0 Å². The van der Waals surface area contributed by atoms with Gasteiger partial charge in [-0.1, -0.05) is 23.7 Å². The van der Waals surface area contributed by atoms with Crippen LogP contribution in [0.15, 0.2) is 35.7 Å². The summed E-state index contributed by atoms with van der Waals surface area (Å²) in [5.41, 5.74) is 2.08. The predicted octanol–water partition coefficient (Wildman–Crippen LogP) is 2.54. The Balaban J connectivity index is 1.65. The summed E-state index contributed by atoms with van der Waals surface area (Å²) in [4.78, 5) is 15.0. The Morgan fingerprint density at radius 2 is 2.24 bits per heavy atom. The lowest BCUT2D eigenvalue weighted by molar-refractivity contribution is -0.923. The Morgan fingerprint density at radius 1 is 1.43 bits per heavy atom. The molecule has 3 rings (SSSR count). The van der Waals surface area contributed by atoms with E-state index in [2.05, 4.69) is 23.7 Å². The summed E-state index contributed by atoms with van der Waals surface area (Å²) < 4.78 is 0. The van der Waals surface area contributed by atoms with E-state index in [1.165, 1.54) is 15.3 Å². The van der Waals surface area contributed by atoms with E-state index in [0.717, 1.165) is 13.0 Å². The van der Waals surface area contributed by atoms with Crippen LogP contribution in [0.25, 0.3) is 0 Å². The second-order valence-electron chi connectivity index (χ2n) is 5.38. The number of nitrogens with one attached hydrogen (secondary N) is 2. The standard InChI is InChI=1S/C16H17ClN2OS/c1-11-12-7-9-21-15(12)6-8-19(11)10-16(20)18-14-5-3-2-4-13(14)17/h2-5,7,9,11H,6,8,10H2,1H3,(H,18,20)/p+1/t11-/m0/s1. The number of fused-ring (bicyclic) bond motifs is 1. The largest absolute Gasteiger partial charge is 0.321 e. The van der Waals surface area contributed by atoms with E-state index in [9.17, 15) is 4.79 Å². The molecule has 0 aliphatic carbocycles. The van der Waals surface area contributed by atoms with Crippen LogP contribution >= 0.6 is 22.9 Å². The Bertz CT molecular complexity index is 655. The maximum Gasteiger partial charge on any atom is 0.279 e. The van der Waals surface area contributed by atoms with Crippen LogP contribution in [-0.2, 0) is 11.2 Å². The SMILES string of the molecule is C[C@H]1c2ccsc2CC[NH+]1CC(=O)Nc1ccccc1Cl. The van der Waals surface area contributed by atoms with Gasteiger partial charge in [-0.2, -0.15) is 0 Å². The molecule has 2 heterocycles. The fourth-order valence-corrected chi connectivity index (χ4v) is 4.02. The molecule has 0 saturated carbocycles. The predicted molar refractivity (Wildman–Crippen MR) is 87.2 cm³/mol. The fraction of sp³-hybridized carbons (Fsp3) is 0.312. The number of carbonyl (C=O) groups excluding carboxylic acids is 1. The summed E-state index contributed by atoms with van der Waals surface area (Å²) in [5, 5.41) is 5.63. The van der Waals surface area contributed by atoms with Crippen LogP contribution in [0.2, 0.25) is 5.02 Å². The van der Waals surface area contributed by atoms with Crippen molar-refractivity contribution >= 4 is 34.5 Å². The van der Waals surface area contributed by atoms with Crippen molar-refractivity contribution in [1.29, 1.82) is 0 Å². The molecule has 2 aromatic rings. The van der Waals surface area contributed by atoms with Crippen molar-refractivity contribution in [2.24, 2.45) is 0 Å². The molecule has 1 aliphatic heterocycles. The molecule has 2 atom stereocenters. The topological polar surface area (TPSA) is 33.5 Å². The van der Waals surface area contributed by atoms with Crippen LogP contribution in [0.3, 0.4) is 0 Å². The smallest absolute Gasteiger partial charge is 0.279 e. The highest BCUT2D eigenvalue weighted by Gasteiger charge is 2.29. The van der Waals surface area contributed by atoms with Gasteiger partial charge in [0.15, 0.2) is 6.54 Å². The van der Waals surface area contributed by atoms with Crippen LogP contribution < -0.4 is 10.2 Å². The van der Waals surface area contributed by atoms with Gasteiger partial charge in [-0.25, -0.2) is 0 Å². The maximum atomic E-state index is 12.2. The fourth-order valence-electron chi connectivity index (χ4n) is 2.85. The first-order chi connectivity index (χ1) is 10.1. The highest BCUT2D eigenvalue weighted by atomic mass is 35.5. The number of hydrogen-bond acceptors (Lipinski definition) is 2. The molecule has 21 heavy (non-hydrogen) atoms. The first kappa shape index (κ1) is 14.6. The molecule has 1 amide bonds. The molecule has 5 heteroatoms. The number of quaternary nitrogens is 1. The molecule has 2 N–H and O–H groups in total. The Kier molecular flexibility index (Phi) is 4.29. The van der Waals surface area contributed by atoms with E-state index in [1.807, 2.05) is 29.5 Å². The van der Waals surface area contributed by atoms with Crippen molar-refractivity contribution < 1.29 is 9.69 Å². The first-order valence-electron chi connectivity index (χ1n) is 7.10. The highest BCUT2D eigenvalue weighted by molar-refractivity contribution is 7.10. The van der Waals surface area contributed by atoms with Crippen molar-refractivity contribution in [3.63, 3.8) is 0 Å². The van der Waals surface area contributed by atoms with E-state index >= 15 is 0 Å². The van der Waals surface area contributed by atoms with Gasteiger partial charge in [-0.3, -0.25) is 4.79 Å². The van der Waals surface area contributed by atoms with Crippen LogP contribution in [0.1, 0.15) is 23.4 Å². The molecule has 3 nitrogen and oxygen atoms in total. The summed E-state index contributed by atoms with van der Waals surface area (Å²) in [6, 6.07) is 9.90. The Hall–Kier alpha value is -1.36. The zero-order chi connectivity index (χ0) is 14.8. The summed E-state index contributed by atoms with van der Waals surface area (Å²) in [7, 11) is 0. The molecule has 1 aromatic carbocycles. The molecule has 1 aromatic heterocycles. The first-order valence-corrected chi connectivity index (χ1v) is 8.36. The number of thiophene rings is 1. The molecule has 1 unspecified atom stereocenters. The van der Waals surface area contributed by atoms with Crippen molar-refractivity contribution in [3.8, 4) is 0 Å². The number of carbonyl (C=O) groups is 1. The average Bonchev–Trinajstić information content (AvgIpc) is 2.94.